The van der Waals surface area contributed by atoms with Gasteiger partial charge in [0.15, 0.2) is 0 Å². The van der Waals surface area contributed by atoms with Crippen molar-refractivity contribution >= 4 is 50.9 Å². The van der Waals surface area contributed by atoms with Gasteiger partial charge in [0.25, 0.3) is 0 Å². The fraction of sp³-hybridized carbons (Fsp3) is 0.176. The summed E-state index contributed by atoms with van der Waals surface area (Å²) in [6.45, 7) is 1.87. The molecule has 1 amide bonds. The maximum atomic E-state index is 11.8. The number of thioether (sulfide) groups is 1. The first-order valence-corrected chi connectivity index (χ1v) is 9.28. The Balaban J connectivity index is 1.77. The molecule has 0 aromatic heterocycles. The Morgan fingerprint density at radius 1 is 1.17 bits per heavy atom. The van der Waals surface area contributed by atoms with Crippen molar-refractivity contribution in [2.75, 3.05) is 5.75 Å². The SMILES string of the molecule is C/C(=N/NC(=O)CSCc1ccc(Cl)cc1)c1ccc(Br)cc1. The molecule has 2 aromatic rings. The smallest absolute Gasteiger partial charge is 0.250 e. The zero-order valence-electron chi connectivity index (χ0n) is 12.6. The maximum Gasteiger partial charge on any atom is 0.250 e. The van der Waals surface area contributed by atoms with Gasteiger partial charge in [-0.05, 0) is 42.3 Å². The summed E-state index contributed by atoms with van der Waals surface area (Å²) in [5.41, 5.74) is 5.47. The second-order valence-electron chi connectivity index (χ2n) is 4.86. The third-order valence-corrected chi connectivity index (χ3v) is 4.81. The third kappa shape index (κ3) is 6.37. The van der Waals surface area contributed by atoms with Gasteiger partial charge in [-0.3, -0.25) is 4.79 Å². The molecule has 0 heterocycles. The van der Waals surface area contributed by atoms with Gasteiger partial charge in [-0.15, -0.1) is 11.8 Å². The molecule has 6 heteroatoms. The second-order valence-corrected chi connectivity index (χ2v) is 7.20. The molecule has 0 radical (unpaired) electrons. The molecular formula is C17H16BrClN2OS. The van der Waals surface area contributed by atoms with Crippen molar-refractivity contribution in [1.29, 1.82) is 0 Å². The Bertz CT molecular complexity index is 687. The normalized spacial score (nSPS) is 11.3. The summed E-state index contributed by atoms with van der Waals surface area (Å²) in [6, 6.07) is 15.4. The van der Waals surface area contributed by atoms with Crippen LogP contribution in [0.5, 0.6) is 0 Å². The number of carbonyl (C=O) groups excluding carboxylic acids is 1. The molecule has 23 heavy (non-hydrogen) atoms. The number of carbonyl (C=O) groups is 1. The lowest BCUT2D eigenvalue weighted by Gasteiger charge is -2.04. The van der Waals surface area contributed by atoms with E-state index in [1.165, 1.54) is 11.8 Å². The number of nitrogens with one attached hydrogen (secondary N) is 1. The van der Waals surface area contributed by atoms with Gasteiger partial charge in [0.1, 0.15) is 0 Å². The van der Waals surface area contributed by atoms with Crippen molar-refractivity contribution in [2.24, 2.45) is 5.10 Å². The Morgan fingerprint density at radius 2 is 1.83 bits per heavy atom. The average molecular weight is 412 g/mol. The summed E-state index contributed by atoms with van der Waals surface area (Å²) in [7, 11) is 0. The Labute approximate surface area is 153 Å². The van der Waals surface area contributed by atoms with E-state index in [1.54, 1.807) is 0 Å². The molecule has 0 unspecified atom stereocenters. The third-order valence-electron chi connectivity index (χ3n) is 3.03. The van der Waals surface area contributed by atoms with Crippen LogP contribution in [0.1, 0.15) is 18.1 Å². The van der Waals surface area contributed by atoms with E-state index in [4.69, 9.17) is 11.6 Å². The van der Waals surface area contributed by atoms with Crippen LogP contribution in [0.3, 0.4) is 0 Å². The molecule has 0 aliphatic rings. The summed E-state index contributed by atoms with van der Waals surface area (Å²) < 4.78 is 1.01. The van der Waals surface area contributed by atoms with Crippen molar-refractivity contribution in [1.82, 2.24) is 5.43 Å². The predicted octanol–water partition coefficient (Wildman–Crippen LogP) is 4.88. The Kier molecular flexibility index (Phi) is 7.15. The first kappa shape index (κ1) is 18.0. The number of amides is 1. The summed E-state index contributed by atoms with van der Waals surface area (Å²) in [5, 5.41) is 4.85. The van der Waals surface area contributed by atoms with Crippen LogP contribution in [0.15, 0.2) is 58.1 Å². The van der Waals surface area contributed by atoms with Crippen molar-refractivity contribution < 1.29 is 4.79 Å². The van der Waals surface area contributed by atoms with Crippen molar-refractivity contribution in [3.05, 3.63) is 69.2 Å². The maximum absolute atomic E-state index is 11.8. The molecule has 0 saturated heterocycles. The summed E-state index contributed by atoms with van der Waals surface area (Å²) in [5.74, 6) is 1.01. The molecule has 120 valence electrons. The molecule has 0 aliphatic carbocycles. The fourth-order valence-corrected chi connectivity index (χ4v) is 2.95. The van der Waals surface area contributed by atoms with E-state index >= 15 is 0 Å². The number of hydrogen-bond donors (Lipinski definition) is 1. The van der Waals surface area contributed by atoms with Gasteiger partial charge in [-0.2, -0.15) is 5.10 Å². The summed E-state index contributed by atoms with van der Waals surface area (Å²) in [4.78, 5) is 11.8. The molecule has 3 nitrogen and oxygen atoms in total. The van der Waals surface area contributed by atoms with Crippen LogP contribution in [0.4, 0.5) is 0 Å². The molecule has 2 rings (SSSR count). The number of rotatable bonds is 6. The van der Waals surface area contributed by atoms with Crippen LogP contribution >= 0.6 is 39.3 Å². The van der Waals surface area contributed by atoms with Crippen LogP contribution in [0, 0.1) is 0 Å². The van der Waals surface area contributed by atoms with E-state index in [-0.39, 0.29) is 5.91 Å². The fourth-order valence-electron chi connectivity index (χ4n) is 1.78. The van der Waals surface area contributed by atoms with E-state index < -0.39 is 0 Å². The molecule has 0 bridgehead atoms. The number of hydrogen-bond acceptors (Lipinski definition) is 3. The first-order chi connectivity index (χ1) is 11.0. The van der Waals surface area contributed by atoms with Crippen LogP contribution in [-0.2, 0) is 10.5 Å². The van der Waals surface area contributed by atoms with Gasteiger partial charge in [0.05, 0.1) is 11.5 Å². The summed E-state index contributed by atoms with van der Waals surface area (Å²) >= 11 is 10.8. The lowest BCUT2D eigenvalue weighted by Crippen LogP contribution is -2.21. The van der Waals surface area contributed by atoms with E-state index in [0.717, 1.165) is 27.1 Å². The lowest BCUT2D eigenvalue weighted by molar-refractivity contribution is -0.118. The van der Waals surface area contributed by atoms with Gasteiger partial charge in [0, 0.05) is 15.2 Å². The minimum Gasteiger partial charge on any atom is -0.272 e. The van der Waals surface area contributed by atoms with E-state index in [1.807, 2.05) is 55.5 Å². The highest BCUT2D eigenvalue weighted by molar-refractivity contribution is 9.10. The molecule has 0 saturated carbocycles. The van der Waals surface area contributed by atoms with Crippen molar-refractivity contribution in [3.8, 4) is 0 Å². The Hall–Kier alpha value is -1.30. The lowest BCUT2D eigenvalue weighted by atomic mass is 10.1. The highest BCUT2D eigenvalue weighted by atomic mass is 79.9. The van der Waals surface area contributed by atoms with Gasteiger partial charge in [-0.25, -0.2) is 5.43 Å². The number of benzene rings is 2. The second kappa shape index (κ2) is 9.11. The van der Waals surface area contributed by atoms with Gasteiger partial charge in [0.2, 0.25) is 5.91 Å². The van der Waals surface area contributed by atoms with E-state index in [2.05, 4.69) is 26.5 Å². The minimum atomic E-state index is -0.111. The number of nitrogens with zero attached hydrogens (tertiary/aromatic N) is 1. The van der Waals surface area contributed by atoms with E-state index in [0.29, 0.717) is 10.8 Å². The molecule has 0 atom stereocenters. The van der Waals surface area contributed by atoms with Crippen molar-refractivity contribution in [3.63, 3.8) is 0 Å². The van der Waals surface area contributed by atoms with Gasteiger partial charge < -0.3 is 0 Å². The largest absolute Gasteiger partial charge is 0.272 e. The monoisotopic (exact) mass is 410 g/mol. The molecular weight excluding hydrogens is 396 g/mol. The zero-order chi connectivity index (χ0) is 16.7. The zero-order valence-corrected chi connectivity index (χ0v) is 15.7. The van der Waals surface area contributed by atoms with Crippen molar-refractivity contribution in [2.45, 2.75) is 12.7 Å². The first-order valence-electron chi connectivity index (χ1n) is 6.96. The number of hydrazone groups is 1. The molecule has 0 aliphatic heterocycles. The standard InChI is InChI=1S/C17H16BrClN2OS/c1-12(14-4-6-15(18)7-5-14)20-21-17(22)11-23-10-13-2-8-16(19)9-3-13/h2-9H,10-11H2,1H3,(H,21,22)/b20-12-. The van der Waals surface area contributed by atoms with Crippen LogP contribution < -0.4 is 5.43 Å². The Morgan fingerprint density at radius 3 is 2.48 bits per heavy atom. The topological polar surface area (TPSA) is 41.5 Å². The minimum absolute atomic E-state index is 0.111. The van der Waals surface area contributed by atoms with Crippen LogP contribution in [0.25, 0.3) is 0 Å². The molecule has 2 aromatic carbocycles. The summed E-state index contributed by atoms with van der Waals surface area (Å²) in [6.07, 6.45) is 0. The van der Waals surface area contributed by atoms with Crippen LogP contribution in [0.2, 0.25) is 5.02 Å². The average Bonchev–Trinajstić information content (AvgIpc) is 2.55. The van der Waals surface area contributed by atoms with Crippen LogP contribution in [-0.4, -0.2) is 17.4 Å². The van der Waals surface area contributed by atoms with Gasteiger partial charge in [-0.1, -0.05) is 51.8 Å². The number of halogens is 2. The highest BCUT2D eigenvalue weighted by Crippen LogP contribution is 2.15. The highest BCUT2D eigenvalue weighted by Gasteiger charge is 2.03. The quantitative estimate of drug-likeness (QED) is 0.544. The predicted molar refractivity (Wildman–Crippen MR) is 102 cm³/mol. The molecule has 0 spiro atoms. The van der Waals surface area contributed by atoms with E-state index in [9.17, 15) is 4.79 Å². The van der Waals surface area contributed by atoms with Gasteiger partial charge >= 0.3 is 0 Å². The molecule has 0 fully saturated rings. The molecule has 1 N–H and O–H groups in total.